The molecule has 5 nitrogen and oxygen atoms in total. The zero-order chi connectivity index (χ0) is 14.8. The van der Waals surface area contributed by atoms with E-state index in [2.05, 4.69) is 10.6 Å². The molecule has 0 atom stereocenters. The predicted octanol–water partition coefficient (Wildman–Crippen LogP) is 2.31. The highest BCUT2D eigenvalue weighted by Gasteiger charge is 2.33. The van der Waals surface area contributed by atoms with E-state index in [1.807, 2.05) is 26.0 Å². The van der Waals surface area contributed by atoms with E-state index in [4.69, 9.17) is 5.73 Å². The molecule has 0 fully saturated rings. The summed E-state index contributed by atoms with van der Waals surface area (Å²) in [6.07, 6.45) is 1.77. The van der Waals surface area contributed by atoms with Crippen LogP contribution in [0.2, 0.25) is 0 Å². The van der Waals surface area contributed by atoms with Gasteiger partial charge in [-0.15, -0.1) is 12.4 Å². The number of carbonyl (C=O) groups excluding carboxylic acids is 2. The maximum absolute atomic E-state index is 12.4. The van der Waals surface area contributed by atoms with Crippen molar-refractivity contribution in [3.63, 3.8) is 0 Å². The van der Waals surface area contributed by atoms with Gasteiger partial charge in [-0.25, -0.2) is 0 Å². The maximum Gasteiger partial charge on any atom is 0.231 e. The van der Waals surface area contributed by atoms with E-state index in [0.29, 0.717) is 31.5 Å². The van der Waals surface area contributed by atoms with Crippen molar-refractivity contribution in [3.05, 3.63) is 23.8 Å². The molecule has 0 saturated carbocycles. The molecule has 0 aliphatic carbocycles. The Balaban J connectivity index is 0.00000220. The van der Waals surface area contributed by atoms with Crippen molar-refractivity contribution in [3.8, 4) is 0 Å². The topological polar surface area (TPSA) is 84.2 Å². The number of fused-ring (bicyclic) bond motifs is 1. The average molecular weight is 312 g/mol. The van der Waals surface area contributed by atoms with Crippen LogP contribution < -0.4 is 16.4 Å². The molecule has 1 aromatic carbocycles. The van der Waals surface area contributed by atoms with E-state index in [1.165, 1.54) is 0 Å². The van der Waals surface area contributed by atoms with Crippen LogP contribution in [0.25, 0.3) is 0 Å². The number of benzene rings is 1. The summed E-state index contributed by atoms with van der Waals surface area (Å²) in [6.45, 7) is 4.28. The fourth-order valence-electron chi connectivity index (χ4n) is 2.52. The second kappa shape index (κ2) is 6.91. The Labute approximate surface area is 131 Å². The van der Waals surface area contributed by atoms with Crippen LogP contribution in [0.5, 0.6) is 0 Å². The zero-order valence-electron chi connectivity index (χ0n) is 12.4. The minimum atomic E-state index is -0.521. The summed E-state index contributed by atoms with van der Waals surface area (Å²) in [6, 6.07) is 5.46. The summed E-state index contributed by atoms with van der Waals surface area (Å²) in [5.41, 5.74) is 7.71. The van der Waals surface area contributed by atoms with Crippen molar-refractivity contribution < 1.29 is 9.59 Å². The summed E-state index contributed by atoms with van der Waals surface area (Å²) >= 11 is 0. The quantitative estimate of drug-likeness (QED) is 0.780. The number of nitrogens with one attached hydrogen (secondary N) is 2. The first-order chi connectivity index (χ1) is 9.54. The van der Waals surface area contributed by atoms with Crippen molar-refractivity contribution in [1.29, 1.82) is 0 Å². The number of carbonyl (C=O) groups is 2. The molecule has 2 rings (SSSR count). The maximum atomic E-state index is 12.4. The first kappa shape index (κ1) is 17.5. The summed E-state index contributed by atoms with van der Waals surface area (Å²) < 4.78 is 0. The lowest BCUT2D eigenvalue weighted by Crippen LogP contribution is -2.41. The molecule has 1 aliphatic heterocycles. The first-order valence-corrected chi connectivity index (χ1v) is 6.99. The SMILES string of the molecule is CCC(CC)(CN)C(=O)Nc1ccc2c(c1)CC(=O)N2.Cl. The minimum absolute atomic E-state index is 0. The molecule has 116 valence electrons. The molecule has 0 radical (unpaired) electrons. The van der Waals surface area contributed by atoms with Crippen LogP contribution in [0.4, 0.5) is 11.4 Å². The van der Waals surface area contributed by atoms with Gasteiger partial charge in [0.2, 0.25) is 11.8 Å². The van der Waals surface area contributed by atoms with Crippen LogP contribution in [-0.2, 0) is 16.0 Å². The molecule has 0 unspecified atom stereocenters. The lowest BCUT2D eigenvalue weighted by atomic mass is 9.81. The zero-order valence-corrected chi connectivity index (χ0v) is 13.2. The molecule has 0 bridgehead atoms. The van der Waals surface area contributed by atoms with Gasteiger partial charge in [0.15, 0.2) is 0 Å². The monoisotopic (exact) mass is 311 g/mol. The lowest BCUT2D eigenvalue weighted by Gasteiger charge is -2.28. The highest BCUT2D eigenvalue weighted by Crippen LogP contribution is 2.29. The van der Waals surface area contributed by atoms with Gasteiger partial charge >= 0.3 is 0 Å². The van der Waals surface area contributed by atoms with Crippen LogP contribution in [0.3, 0.4) is 0 Å². The van der Waals surface area contributed by atoms with Crippen molar-refractivity contribution in [2.24, 2.45) is 11.1 Å². The molecule has 4 N–H and O–H groups in total. The number of hydrogen-bond donors (Lipinski definition) is 3. The van der Waals surface area contributed by atoms with Gasteiger partial charge in [0.05, 0.1) is 11.8 Å². The van der Waals surface area contributed by atoms with E-state index in [0.717, 1.165) is 11.3 Å². The summed E-state index contributed by atoms with van der Waals surface area (Å²) in [5.74, 6) is -0.0656. The largest absolute Gasteiger partial charge is 0.329 e. The van der Waals surface area contributed by atoms with E-state index < -0.39 is 5.41 Å². The van der Waals surface area contributed by atoms with Crippen LogP contribution >= 0.6 is 12.4 Å². The van der Waals surface area contributed by atoms with E-state index >= 15 is 0 Å². The van der Waals surface area contributed by atoms with Gasteiger partial charge in [-0.2, -0.15) is 0 Å². The molecular weight excluding hydrogens is 290 g/mol. The Kier molecular flexibility index (Phi) is 5.75. The Morgan fingerprint density at radius 3 is 2.62 bits per heavy atom. The second-order valence-electron chi connectivity index (χ2n) is 5.24. The number of anilines is 2. The number of amides is 2. The molecule has 6 heteroatoms. The summed E-state index contributed by atoms with van der Waals surface area (Å²) in [5, 5.41) is 5.69. The minimum Gasteiger partial charge on any atom is -0.329 e. The van der Waals surface area contributed by atoms with Crippen LogP contribution in [-0.4, -0.2) is 18.4 Å². The standard InChI is InChI=1S/C15H21N3O2.ClH/c1-3-15(4-2,9-16)14(20)17-11-5-6-12-10(7-11)8-13(19)18-12;/h5-7H,3-4,8-9,16H2,1-2H3,(H,17,20)(H,18,19);1H. The smallest absolute Gasteiger partial charge is 0.231 e. The molecule has 0 saturated heterocycles. The molecule has 0 spiro atoms. The molecule has 1 aliphatic rings. The van der Waals surface area contributed by atoms with Gasteiger partial charge in [-0.1, -0.05) is 13.8 Å². The lowest BCUT2D eigenvalue weighted by molar-refractivity contribution is -0.125. The molecule has 0 aromatic heterocycles. The number of hydrogen-bond acceptors (Lipinski definition) is 3. The van der Waals surface area contributed by atoms with Gasteiger partial charge in [0, 0.05) is 17.9 Å². The summed E-state index contributed by atoms with van der Waals surface area (Å²) in [7, 11) is 0. The third-order valence-corrected chi connectivity index (χ3v) is 4.21. The normalized spacial score (nSPS) is 13.2. The van der Waals surface area contributed by atoms with Crippen LogP contribution in [0, 0.1) is 5.41 Å². The molecule has 21 heavy (non-hydrogen) atoms. The number of halogens is 1. The predicted molar refractivity (Wildman–Crippen MR) is 86.7 cm³/mol. The van der Waals surface area contributed by atoms with Gasteiger partial charge in [0.1, 0.15) is 0 Å². The van der Waals surface area contributed by atoms with Crippen LogP contribution in [0.15, 0.2) is 18.2 Å². The van der Waals surface area contributed by atoms with E-state index in [-0.39, 0.29) is 24.2 Å². The van der Waals surface area contributed by atoms with Crippen molar-refractivity contribution in [2.45, 2.75) is 33.1 Å². The van der Waals surface area contributed by atoms with Crippen molar-refractivity contribution in [2.75, 3.05) is 17.2 Å². The van der Waals surface area contributed by atoms with Crippen LogP contribution in [0.1, 0.15) is 32.3 Å². The highest BCUT2D eigenvalue weighted by atomic mass is 35.5. The second-order valence-corrected chi connectivity index (χ2v) is 5.24. The highest BCUT2D eigenvalue weighted by molar-refractivity contribution is 6.01. The molecule has 1 heterocycles. The van der Waals surface area contributed by atoms with E-state index in [1.54, 1.807) is 6.07 Å². The fraction of sp³-hybridized carbons (Fsp3) is 0.467. The Morgan fingerprint density at radius 2 is 2.05 bits per heavy atom. The molecular formula is C15H22ClN3O2. The molecule has 1 aromatic rings. The Bertz CT molecular complexity index is 533. The third-order valence-electron chi connectivity index (χ3n) is 4.21. The van der Waals surface area contributed by atoms with Gasteiger partial charge in [0.25, 0.3) is 0 Å². The number of nitrogens with two attached hydrogens (primary N) is 1. The van der Waals surface area contributed by atoms with E-state index in [9.17, 15) is 9.59 Å². The van der Waals surface area contributed by atoms with Gasteiger partial charge in [-0.3, -0.25) is 9.59 Å². The Morgan fingerprint density at radius 1 is 1.38 bits per heavy atom. The fourth-order valence-corrected chi connectivity index (χ4v) is 2.52. The number of rotatable bonds is 5. The van der Waals surface area contributed by atoms with Gasteiger partial charge in [-0.05, 0) is 36.6 Å². The average Bonchev–Trinajstić information content (AvgIpc) is 2.81. The Hall–Kier alpha value is -1.59. The first-order valence-electron chi connectivity index (χ1n) is 6.99. The van der Waals surface area contributed by atoms with Crippen molar-refractivity contribution >= 4 is 35.6 Å². The van der Waals surface area contributed by atoms with Gasteiger partial charge < -0.3 is 16.4 Å². The third kappa shape index (κ3) is 3.36. The summed E-state index contributed by atoms with van der Waals surface area (Å²) in [4.78, 5) is 23.7. The van der Waals surface area contributed by atoms with Crippen molar-refractivity contribution in [1.82, 2.24) is 0 Å². The molecule has 2 amide bonds.